The summed E-state index contributed by atoms with van der Waals surface area (Å²) in [5.74, 6) is 0.482. The largest absolute Gasteiger partial charge is 0.476 e. The van der Waals surface area contributed by atoms with Gasteiger partial charge in [-0.2, -0.15) is 0 Å². The number of epoxide rings is 1. The summed E-state index contributed by atoms with van der Waals surface area (Å²) in [5.41, 5.74) is -0.195. The average Bonchev–Trinajstić information content (AvgIpc) is 3.26. The molecule has 4 rings (SSSR count). The predicted molar refractivity (Wildman–Crippen MR) is 106 cm³/mol. The van der Waals surface area contributed by atoms with Crippen molar-refractivity contribution in [2.24, 2.45) is 10.9 Å². The maximum atomic E-state index is 11.3. The highest BCUT2D eigenvalue weighted by atomic mass is 16.7. The molecule has 1 saturated heterocycles. The number of aliphatic hydroxyl groups is 1. The molecular weight excluding hydrogens is 338 g/mol. The molecule has 0 radical (unpaired) electrons. The Hall–Kier alpha value is -2.17. The van der Waals surface area contributed by atoms with E-state index in [1.165, 1.54) is 0 Å². The smallest absolute Gasteiger partial charge is 0.224 e. The minimum Gasteiger partial charge on any atom is -0.476 e. The summed E-state index contributed by atoms with van der Waals surface area (Å²) in [6.45, 7) is 8.54. The van der Waals surface area contributed by atoms with E-state index in [4.69, 9.17) is 14.5 Å². The zero-order valence-corrected chi connectivity index (χ0v) is 16.3. The van der Waals surface area contributed by atoms with Crippen LogP contribution in [0.3, 0.4) is 0 Å². The first-order chi connectivity index (χ1) is 12.8. The molecule has 2 aromatic carbocycles. The van der Waals surface area contributed by atoms with Crippen molar-refractivity contribution in [1.82, 2.24) is 0 Å². The maximum Gasteiger partial charge on any atom is 0.224 e. The van der Waals surface area contributed by atoms with E-state index in [1.807, 2.05) is 88.4 Å². The molecule has 2 aliphatic heterocycles. The first kappa shape index (κ1) is 18.2. The summed E-state index contributed by atoms with van der Waals surface area (Å²) < 4.78 is 12.6. The Morgan fingerprint density at radius 2 is 1.44 bits per heavy atom. The van der Waals surface area contributed by atoms with Crippen molar-refractivity contribution in [2.45, 2.75) is 50.5 Å². The third kappa shape index (κ3) is 2.62. The Labute approximate surface area is 160 Å². The molecule has 1 N–H and O–H groups in total. The quantitative estimate of drug-likeness (QED) is 0.817. The maximum absolute atomic E-state index is 11.3. The van der Waals surface area contributed by atoms with Gasteiger partial charge in [0.25, 0.3) is 0 Å². The van der Waals surface area contributed by atoms with Crippen molar-refractivity contribution in [3.8, 4) is 0 Å². The van der Waals surface area contributed by atoms with Crippen molar-refractivity contribution in [1.29, 1.82) is 0 Å². The minimum atomic E-state index is -1.03. The molecule has 142 valence electrons. The fourth-order valence-electron chi connectivity index (χ4n) is 4.11. The van der Waals surface area contributed by atoms with Crippen LogP contribution in [-0.2, 0) is 15.1 Å². The zero-order chi connectivity index (χ0) is 19.3. The number of aliphatic imine (C=N–C) groups is 1. The van der Waals surface area contributed by atoms with Gasteiger partial charge in [-0.25, -0.2) is 4.99 Å². The molecule has 0 amide bonds. The third-order valence-electron chi connectivity index (χ3n) is 5.49. The molecule has 2 aromatic rings. The van der Waals surface area contributed by atoms with Crippen LogP contribution in [0.15, 0.2) is 65.7 Å². The van der Waals surface area contributed by atoms with E-state index in [2.05, 4.69) is 0 Å². The summed E-state index contributed by atoms with van der Waals surface area (Å²) in [6.07, 6.45) is -0.759. The third-order valence-corrected chi connectivity index (χ3v) is 5.49. The number of nitrogens with zero attached hydrogens (tertiary/aromatic N) is 1. The highest BCUT2D eigenvalue weighted by Gasteiger charge is 2.80. The molecule has 0 aromatic heterocycles. The van der Waals surface area contributed by atoms with Gasteiger partial charge in [0.15, 0.2) is 5.60 Å². The molecule has 2 heterocycles. The zero-order valence-electron chi connectivity index (χ0n) is 16.3. The average molecular weight is 365 g/mol. The van der Waals surface area contributed by atoms with E-state index in [9.17, 15) is 5.11 Å². The minimum absolute atomic E-state index is 0.0192. The fraction of sp³-hybridized carbons (Fsp3) is 0.435. The lowest BCUT2D eigenvalue weighted by molar-refractivity contribution is 0.0587. The van der Waals surface area contributed by atoms with Crippen LogP contribution in [0.2, 0.25) is 0 Å². The van der Waals surface area contributed by atoms with Crippen LogP contribution in [0.1, 0.15) is 38.8 Å². The molecule has 4 heteroatoms. The first-order valence-electron chi connectivity index (χ1n) is 9.56. The Kier molecular flexibility index (Phi) is 4.17. The molecule has 1 fully saturated rings. The lowest BCUT2D eigenvalue weighted by Crippen LogP contribution is -2.47. The van der Waals surface area contributed by atoms with Gasteiger partial charge in [0, 0.05) is 0 Å². The number of hydrogen-bond acceptors (Lipinski definition) is 4. The van der Waals surface area contributed by atoms with Gasteiger partial charge in [0.2, 0.25) is 11.5 Å². The second-order valence-corrected chi connectivity index (χ2v) is 8.46. The lowest BCUT2D eigenvalue weighted by Gasteiger charge is -2.27. The monoisotopic (exact) mass is 365 g/mol. The van der Waals surface area contributed by atoms with E-state index in [0.717, 1.165) is 11.1 Å². The summed E-state index contributed by atoms with van der Waals surface area (Å²) in [6, 6.07) is 20.1. The molecule has 0 aliphatic carbocycles. The first-order valence-corrected chi connectivity index (χ1v) is 9.56. The van der Waals surface area contributed by atoms with Crippen LogP contribution in [0.4, 0.5) is 0 Å². The standard InChI is InChI=1S/C23H27NO3/c1-16(2)19(25)23(20-24-21(3,4)15-26-20)22(27-23,17-11-7-5-8-12-17)18-13-9-6-10-14-18/h5-14,16,19,25H,15H2,1-4H3/t19-,23+/m1/s1. The molecule has 0 spiro atoms. The molecule has 0 unspecified atom stereocenters. The van der Waals surface area contributed by atoms with E-state index < -0.39 is 17.3 Å². The van der Waals surface area contributed by atoms with Gasteiger partial charge < -0.3 is 14.6 Å². The normalized spacial score (nSPS) is 26.4. The van der Waals surface area contributed by atoms with Crippen LogP contribution in [0.25, 0.3) is 0 Å². The van der Waals surface area contributed by atoms with Gasteiger partial charge in [-0.05, 0) is 30.9 Å². The SMILES string of the molecule is CC(C)[C@@H](O)[C@@]1(C2=NC(C)(C)CO2)OC1(c1ccccc1)c1ccccc1. The van der Waals surface area contributed by atoms with E-state index in [0.29, 0.717) is 12.5 Å². The van der Waals surface area contributed by atoms with Crippen LogP contribution < -0.4 is 0 Å². The number of ether oxygens (including phenoxy) is 2. The molecule has 2 atom stereocenters. The van der Waals surface area contributed by atoms with Crippen molar-refractivity contribution < 1.29 is 14.6 Å². The molecule has 4 nitrogen and oxygen atoms in total. The summed E-state index contributed by atoms with van der Waals surface area (Å²) in [4.78, 5) is 4.81. The topological polar surface area (TPSA) is 54.4 Å². The second-order valence-electron chi connectivity index (χ2n) is 8.46. The van der Waals surface area contributed by atoms with E-state index in [1.54, 1.807) is 0 Å². The van der Waals surface area contributed by atoms with E-state index >= 15 is 0 Å². The fourth-order valence-corrected chi connectivity index (χ4v) is 4.11. The summed E-state index contributed by atoms with van der Waals surface area (Å²) in [7, 11) is 0. The molecular formula is C23H27NO3. The van der Waals surface area contributed by atoms with Crippen LogP contribution in [0.5, 0.6) is 0 Å². The highest BCUT2D eigenvalue weighted by molar-refractivity contribution is 5.94. The number of aliphatic hydroxyl groups excluding tert-OH is 1. The van der Waals surface area contributed by atoms with Gasteiger partial charge in [-0.1, -0.05) is 74.5 Å². The van der Waals surface area contributed by atoms with E-state index in [-0.39, 0.29) is 11.5 Å². The van der Waals surface area contributed by atoms with Gasteiger partial charge in [-0.15, -0.1) is 0 Å². The van der Waals surface area contributed by atoms with Crippen LogP contribution in [-0.4, -0.2) is 34.9 Å². The molecule has 2 aliphatic rings. The number of benzene rings is 2. The lowest BCUT2D eigenvalue weighted by atomic mass is 9.75. The van der Waals surface area contributed by atoms with Gasteiger partial charge in [0.05, 0.1) is 11.6 Å². The predicted octanol–water partition coefficient (Wildman–Crippen LogP) is 3.92. The van der Waals surface area contributed by atoms with Crippen LogP contribution in [0, 0.1) is 5.92 Å². The van der Waals surface area contributed by atoms with Crippen molar-refractivity contribution in [3.63, 3.8) is 0 Å². The van der Waals surface area contributed by atoms with Gasteiger partial charge >= 0.3 is 0 Å². The van der Waals surface area contributed by atoms with Crippen LogP contribution >= 0.6 is 0 Å². The van der Waals surface area contributed by atoms with Crippen molar-refractivity contribution in [3.05, 3.63) is 71.8 Å². The molecule has 0 saturated carbocycles. The summed E-state index contributed by atoms with van der Waals surface area (Å²) in [5, 5.41) is 11.3. The van der Waals surface area contributed by atoms with Gasteiger partial charge in [0.1, 0.15) is 6.61 Å². The number of hydrogen-bond donors (Lipinski definition) is 1. The van der Waals surface area contributed by atoms with Gasteiger partial charge in [-0.3, -0.25) is 0 Å². The highest BCUT2D eigenvalue weighted by Crippen LogP contribution is 2.64. The molecule has 27 heavy (non-hydrogen) atoms. The van der Waals surface area contributed by atoms with Crippen molar-refractivity contribution in [2.75, 3.05) is 6.61 Å². The summed E-state index contributed by atoms with van der Waals surface area (Å²) >= 11 is 0. The van der Waals surface area contributed by atoms with Crippen molar-refractivity contribution >= 4 is 5.90 Å². The molecule has 0 bridgehead atoms. The Morgan fingerprint density at radius 1 is 0.926 bits per heavy atom. The Morgan fingerprint density at radius 3 is 1.85 bits per heavy atom. The second kappa shape index (κ2) is 6.18. The Bertz CT molecular complexity index is 805. The Balaban J connectivity index is 1.95. The number of rotatable bonds is 5.